The van der Waals surface area contributed by atoms with Gasteiger partial charge in [-0.05, 0) is 34.9 Å². The Labute approximate surface area is 146 Å². The summed E-state index contributed by atoms with van der Waals surface area (Å²) in [5.41, 5.74) is 7.58. The normalized spacial score (nSPS) is 11.4. The zero-order chi connectivity index (χ0) is 18.4. The van der Waals surface area contributed by atoms with Crippen molar-refractivity contribution in [3.63, 3.8) is 0 Å². The van der Waals surface area contributed by atoms with E-state index in [1.807, 2.05) is 12.1 Å². The van der Waals surface area contributed by atoms with Crippen molar-refractivity contribution in [3.8, 4) is 11.1 Å². The summed E-state index contributed by atoms with van der Waals surface area (Å²) in [6.07, 6.45) is 0. The van der Waals surface area contributed by atoms with Gasteiger partial charge < -0.3 is 15.6 Å². The average molecular weight is 364 g/mol. The lowest BCUT2D eigenvalue weighted by Gasteiger charge is -2.10. The van der Waals surface area contributed by atoms with Crippen molar-refractivity contribution in [2.24, 2.45) is 5.73 Å². The molecule has 0 amide bonds. The van der Waals surface area contributed by atoms with Gasteiger partial charge in [0, 0.05) is 20.2 Å². The van der Waals surface area contributed by atoms with Crippen LogP contribution in [0.4, 0.5) is 0 Å². The summed E-state index contributed by atoms with van der Waals surface area (Å²) >= 11 is 0. The molecule has 2 aromatic carbocycles. The van der Waals surface area contributed by atoms with Crippen LogP contribution >= 0.6 is 0 Å². The van der Waals surface area contributed by atoms with Crippen LogP contribution in [0.15, 0.2) is 47.4 Å². The minimum absolute atomic E-state index is 0.0939. The highest BCUT2D eigenvalue weighted by atomic mass is 32.2. The third-order valence-electron chi connectivity index (χ3n) is 3.59. The Morgan fingerprint density at radius 3 is 2.40 bits per heavy atom. The molecule has 0 unspecified atom stereocenters. The number of sulfonamides is 1. The number of hydrogen-bond donors (Lipinski definition) is 3. The van der Waals surface area contributed by atoms with E-state index in [-0.39, 0.29) is 23.6 Å². The van der Waals surface area contributed by atoms with E-state index in [9.17, 15) is 18.3 Å². The molecule has 8 heteroatoms. The summed E-state index contributed by atoms with van der Waals surface area (Å²) in [6.45, 7) is 0.695. The number of nitrogens with two attached hydrogens (primary N) is 1. The Morgan fingerprint density at radius 2 is 1.84 bits per heavy atom. The Kier molecular flexibility index (Phi) is 6.27. The topological polar surface area (TPSA) is 119 Å². The summed E-state index contributed by atoms with van der Waals surface area (Å²) in [5.74, 6) is -1.20. The van der Waals surface area contributed by atoms with Gasteiger partial charge in [0.15, 0.2) is 0 Å². The smallest absolute Gasteiger partial charge is 0.335 e. The highest BCUT2D eigenvalue weighted by Crippen LogP contribution is 2.25. The molecule has 0 radical (unpaired) electrons. The Bertz CT molecular complexity index is 848. The van der Waals surface area contributed by atoms with Crippen molar-refractivity contribution in [2.75, 3.05) is 20.3 Å². The van der Waals surface area contributed by atoms with E-state index in [0.717, 1.165) is 11.6 Å². The molecule has 0 saturated carbocycles. The molecule has 4 N–H and O–H groups in total. The molecule has 0 aliphatic heterocycles. The summed E-state index contributed by atoms with van der Waals surface area (Å²) in [5, 5.41) is 9.29. The second-order valence-electron chi connectivity index (χ2n) is 5.34. The maximum Gasteiger partial charge on any atom is 0.335 e. The van der Waals surface area contributed by atoms with Gasteiger partial charge in [0.1, 0.15) is 0 Å². The molecule has 0 heterocycles. The van der Waals surface area contributed by atoms with Crippen molar-refractivity contribution < 1.29 is 23.1 Å². The fourth-order valence-electron chi connectivity index (χ4n) is 2.24. The Morgan fingerprint density at radius 1 is 1.16 bits per heavy atom. The van der Waals surface area contributed by atoms with E-state index in [1.54, 1.807) is 12.1 Å². The minimum Gasteiger partial charge on any atom is -0.478 e. The van der Waals surface area contributed by atoms with Crippen LogP contribution < -0.4 is 10.5 Å². The highest BCUT2D eigenvalue weighted by Gasteiger charge is 2.18. The standard InChI is InChI=1S/C17H20N2O5S/c1-24-7-6-19-25(22,23)16-9-14(8-15(10-16)17(20)21)13-4-2-12(11-18)3-5-13/h2-5,8-10,19H,6-7,11,18H2,1H3,(H,20,21). The van der Waals surface area contributed by atoms with Crippen molar-refractivity contribution in [1.29, 1.82) is 0 Å². The molecule has 0 bridgehead atoms. The zero-order valence-electron chi connectivity index (χ0n) is 13.7. The van der Waals surface area contributed by atoms with Crippen LogP contribution in [0.5, 0.6) is 0 Å². The van der Waals surface area contributed by atoms with E-state index in [4.69, 9.17) is 10.5 Å². The highest BCUT2D eigenvalue weighted by molar-refractivity contribution is 7.89. The molecule has 0 aliphatic carbocycles. The lowest BCUT2D eigenvalue weighted by Crippen LogP contribution is -2.27. The molecular weight excluding hydrogens is 344 g/mol. The van der Waals surface area contributed by atoms with Gasteiger partial charge in [-0.2, -0.15) is 0 Å². The first-order valence-corrected chi connectivity index (χ1v) is 9.02. The fourth-order valence-corrected chi connectivity index (χ4v) is 3.32. The van der Waals surface area contributed by atoms with Crippen molar-refractivity contribution in [1.82, 2.24) is 4.72 Å². The lowest BCUT2D eigenvalue weighted by atomic mass is 10.0. The van der Waals surface area contributed by atoms with Gasteiger partial charge >= 0.3 is 5.97 Å². The first kappa shape index (κ1) is 19.1. The molecule has 25 heavy (non-hydrogen) atoms. The number of benzene rings is 2. The summed E-state index contributed by atoms with van der Waals surface area (Å²) in [6, 6.07) is 11.2. The summed E-state index contributed by atoms with van der Waals surface area (Å²) in [4.78, 5) is 11.3. The Balaban J connectivity index is 2.47. The van der Waals surface area contributed by atoms with Crippen LogP contribution in [0.25, 0.3) is 11.1 Å². The molecule has 2 aromatic rings. The molecule has 7 nitrogen and oxygen atoms in total. The molecule has 2 rings (SSSR count). The molecular formula is C17H20N2O5S. The quantitative estimate of drug-likeness (QED) is 0.610. The first-order valence-electron chi connectivity index (χ1n) is 7.54. The molecule has 0 saturated heterocycles. The van der Waals surface area contributed by atoms with Crippen LogP contribution in [-0.4, -0.2) is 39.8 Å². The molecule has 0 aromatic heterocycles. The second-order valence-corrected chi connectivity index (χ2v) is 7.11. The van der Waals surface area contributed by atoms with Crippen LogP contribution in [-0.2, 0) is 21.3 Å². The van der Waals surface area contributed by atoms with Crippen LogP contribution in [0.3, 0.4) is 0 Å². The van der Waals surface area contributed by atoms with Gasteiger partial charge in [-0.3, -0.25) is 0 Å². The van der Waals surface area contributed by atoms with Gasteiger partial charge in [0.2, 0.25) is 10.0 Å². The SMILES string of the molecule is COCCNS(=O)(=O)c1cc(C(=O)O)cc(-c2ccc(CN)cc2)c1. The number of carboxylic acids is 1. The molecule has 134 valence electrons. The number of carboxylic acid groups (broad SMARTS) is 1. The van der Waals surface area contributed by atoms with E-state index in [1.165, 1.54) is 19.2 Å². The summed E-state index contributed by atoms with van der Waals surface area (Å²) in [7, 11) is -2.38. The second kappa shape index (κ2) is 8.21. The predicted molar refractivity (Wildman–Crippen MR) is 93.8 cm³/mol. The lowest BCUT2D eigenvalue weighted by molar-refractivity contribution is 0.0696. The maximum atomic E-state index is 12.4. The maximum absolute atomic E-state index is 12.4. The third-order valence-corrected chi connectivity index (χ3v) is 5.03. The zero-order valence-corrected chi connectivity index (χ0v) is 14.5. The van der Waals surface area contributed by atoms with Gasteiger partial charge in [0.25, 0.3) is 0 Å². The number of nitrogens with one attached hydrogen (secondary N) is 1. The van der Waals surface area contributed by atoms with Gasteiger partial charge in [-0.25, -0.2) is 17.9 Å². The molecule has 0 spiro atoms. The fraction of sp³-hybridized carbons (Fsp3) is 0.235. The van der Waals surface area contributed by atoms with E-state index >= 15 is 0 Å². The number of ether oxygens (including phenoxy) is 1. The van der Waals surface area contributed by atoms with Crippen molar-refractivity contribution >= 4 is 16.0 Å². The Hall–Kier alpha value is -2.26. The molecule has 0 atom stereocenters. The predicted octanol–water partition coefficient (Wildman–Crippen LogP) is 1.44. The molecule has 0 fully saturated rings. The van der Waals surface area contributed by atoms with Crippen molar-refractivity contribution in [3.05, 3.63) is 53.6 Å². The minimum atomic E-state index is -3.85. The van der Waals surface area contributed by atoms with E-state index in [2.05, 4.69) is 4.72 Å². The average Bonchev–Trinajstić information content (AvgIpc) is 2.61. The largest absolute Gasteiger partial charge is 0.478 e. The van der Waals surface area contributed by atoms with E-state index < -0.39 is 16.0 Å². The molecule has 0 aliphatic rings. The number of carbonyl (C=O) groups is 1. The number of aromatic carboxylic acids is 1. The number of methoxy groups -OCH3 is 1. The third kappa shape index (κ3) is 4.86. The number of rotatable bonds is 8. The van der Waals surface area contributed by atoms with Crippen LogP contribution in [0.2, 0.25) is 0 Å². The van der Waals surface area contributed by atoms with Gasteiger partial charge in [0.05, 0.1) is 17.1 Å². The van der Waals surface area contributed by atoms with Gasteiger partial charge in [-0.15, -0.1) is 0 Å². The van der Waals surface area contributed by atoms with Crippen molar-refractivity contribution in [2.45, 2.75) is 11.4 Å². The first-order chi connectivity index (χ1) is 11.9. The monoisotopic (exact) mass is 364 g/mol. The summed E-state index contributed by atoms with van der Waals surface area (Å²) < 4.78 is 32.0. The van der Waals surface area contributed by atoms with Gasteiger partial charge in [-0.1, -0.05) is 24.3 Å². The van der Waals surface area contributed by atoms with E-state index in [0.29, 0.717) is 17.7 Å². The number of hydrogen-bond acceptors (Lipinski definition) is 5. The van der Waals surface area contributed by atoms with Crippen LogP contribution in [0, 0.1) is 0 Å². The van der Waals surface area contributed by atoms with Crippen LogP contribution in [0.1, 0.15) is 15.9 Å².